The summed E-state index contributed by atoms with van der Waals surface area (Å²) in [6.07, 6.45) is 0. The highest BCUT2D eigenvalue weighted by Crippen LogP contribution is 2.20. The molecule has 0 aliphatic rings. The van der Waals surface area contributed by atoms with Crippen molar-refractivity contribution in [1.82, 2.24) is 0 Å². The van der Waals surface area contributed by atoms with Gasteiger partial charge in [0, 0.05) is 9.26 Å². The van der Waals surface area contributed by atoms with E-state index in [0.29, 0.717) is 17.1 Å². The standard InChI is InChI=1S/C16H16IN3O2/c1-9-3-5-12(18)14(7-9)20-16(22)15(21)19-13-6-4-11(17)8-10(13)2/h3-8H,18H2,1-2H3,(H,19,21)(H,20,22). The maximum atomic E-state index is 12.0. The van der Waals surface area contributed by atoms with Gasteiger partial charge in [-0.2, -0.15) is 0 Å². The van der Waals surface area contributed by atoms with Gasteiger partial charge in [0.1, 0.15) is 0 Å². The molecule has 0 aromatic heterocycles. The molecule has 0 aliphatic heterocycles. The zero-order chi connectivity index (χ0) is 16.3. The van der Waals surface area contributed by atoms with E-state index in [2.05, 4.69) is 33.2 Å². The molecule has 0 saturated heterocycles. The highest BCUT2D eigenvalue weighted by molar-refractivity contribution is 14.1. The van der Waals surface area contributed by atoms with Crippen LogP contribution in [0, 0.1) is 17.4 Å². The largest absolute Gasteiger partial charge is 0.397 e. The maximum absolute atomic E-state index is 12.0. The molecule has 0 fully saturated rings. The fourth-order valence-electron chi connectivity index (χ4n) is 1.90. The van der Waals surface area contributed by atoms with Crippen molar-refractivity contribution in [3.8, 4) is 0 Å². The van der Waals surface area contributed by atoms with E-state index in [-0.39, 0.29) is 0 Å². The molecule has 2 rings (SSSR count). The Kier molecular flexibility index (Phi) is 5.02. The van der Waals surface area contributed by atoms with Gasteiger partial charge in [0.15, 0.2) is 0 Å². The molecule has 0 unspecified atom stereocenters. The van der Waals surface area contributed by atoms with Crippen LogP contribution in [-0.2, 0) is 9.59 Å². The van der Waals surface area contributed by atoms with Gasteiger partial charge in [-0.3, -0.25) is 9.59 Å². The molecule has 0 aliphatic carbocycles. The smallest absolute Gasteiger partial charge is 0.314 e. The summed E-state index contributed by atoms with van der Waals surface area (Å²) < 4.78 is 1.06. The predicted octanol–water partition coefficient (Wildman–Crippen LogP) is 3.07. The molecular weight excluding hydrogens is 393 g/mol. The van der Waals surface area contributed by atoms with E-state index in [1.807, 2.05) is 32.0 Å². The molecule has 0 radical (unpaired) electrons. The van der Waals surface area contributed by atoms with Crippen molar-refractivity contribution in [2.75, 3.05) is 16.4 Å². The molecule has 22 heavy (non-hydrogen) atoms. The Morgan fingerprint density at radius 3 is 2.23 bits per heavy atom. The summed E-state index contributed by atoms with van der Waals surface area (Å²) in [5.74, 6) is -1.49. The van der Waals surface area contributed by atoms with Crippen LogP contribution in [-0.4, -0.2) is 11.8 Å². The number of carbonyl (C=O) groups is 2. The number of nitrogens with two attached hydrogens (primary N) is 1. The average molecular weight is 409 g/mol. The third-order valence-corrected chi connectivity index (χ3v) is 3.77. The van der Waals surface area contributed by atoms with Gasteiger partial charge in [-0.1, -0.05) is 6.07 Å². The Labute approximate surface area is 142 Å². The number of halogens is 1. The lowest BCUT2D eigenvalue weighted by molar-refractivity contribution is -0.132. The number of nitrogens with one attached hydrogen (secondary N) is 2. The number of hydrogen-bond donors (Lipinski definition) is 3. The number of hydrogen-bond acceptors (Lipinski definition) is 3. The minimum Gasteiger partial charge on any atom is -0.397 e. The lowest BCUT2D eigenvalue weighted by atomic mass is 10.2. The molecule has 2 aromatic carbocycles. The highest BCUT2D eigenvalue weighted by Gasteiger charge is 2.16. The molecule has 0 bridgehead atoms. The average Bonchev–Trinajstić information content (AvgIpc) is 2.45. The van der Waals surface area contributed by atoms with E-state index in [1.165, 1.54) is 0 Å². The second-order valence-electron chi connectivity index (χ2n) is 4.96. The van der Waals surface area contributed by atoms with Gasteiger partial charge in [0.25, 0.3) is 0 Å². The quantitative estimate of drug-likeness (QED) is 0.405. The first-order valence-electron chi connectivity index (χ1n) is 6.61. The summed E-state index contributed by atoms with van der Waals surface area (Å²) in [7, 11) is 0. The van der Waals surface area contributed by atoms with E-state index in [9.17, 15) is 9.59 Å². The maximum Gasteiger partial charge on any atom is 0.314 e. The predicted molar refractivity (Wildman–Crippen MR) is 96.7 cm³/mol. The van der Waals surface area contributed by atoms with Gasteiger partial charge in [0.2, 0.25) is 0 Å². The molecule has 6 heteroatoms. The molecule has 0 heterocycles. The third-order valence-electron chi connectivity index (χ3n) is 3.10. The molecule has 0 atom stereocenters. The molecule has 5 nitrogen and oxygen atoms in total. The number of amides is 2. The minimum absolute atomic E-state index is 0.414. The van der Waals surface area contributed by atoms with Crippen LogP contribution in [0.25, 0.3) is 0 Å². The van der Waals surface area contributed by atoms with Gasteiger partial charge in [-0.25, -0.2) is 0 Å². The summed E-state index contributed by atoms with van der Waals surface area (Å²) in [6.45, 7) is 3.75. The second kappa shape index (κ2) is 6.78. The van der Waals surface area contributed by atoms with Crippen LogP contribution in [0.2, 0.25) is 0 Å². The van der Waals surface area contributed by atoms with E-state index >= 15 is 0 Å². The van der Waals surface area contributed by atoms with Crippen LogP contribution in [0.15, 0.2) is 36.4 Å². The molecule has 4 N–H and O–H groups in total. The number of nitrogen functional groups attached to an aromatic ring is 1. The second-order valence-corrected chi connectivity index (χ2v) is 6.20. The zero-order valence-electron chi connectivity index (χ0n) is 12.2. The van der Waals surface area contributed by atoms with Gasteiger partial charge >= 0.3 is 11.8 Å². The first-order chi connectivity index (χ1) is 10.4. The molecule has 0 spiro atoms. The SMILES string of the molecule is Cc1ccc(N)c(NC(=O)C(=O)Nc2ccc(I)cc2C)c1. The van der Waals surface area contributed by atoms with E-state index in [0.717, 1.165) is 14.7 Å². The van der Waals surface area contributed by atoms with E-state index < -0.39 is 11.8 Å². The van der Waals surface area contributed by atoms with Crippen molar-refractivity contribution in [1.29, 1.82) is 0 Å². The normalized spacial score (nSPS) is 10.1. The summed E-state index contributed by atoms with van der Waals surface area (Å²) in [4.78, 5) is 24.0. The number of benzene rings is 2. The van der Waals surface area contributed by atoms with Crippen molar-refractivity contribution < 1.29 is 9.59 Å². The van der Waals surface area contributed by atoms with Crippen molar-refractivity contribution in [3.05, 3.63) is 51.1 Å². The highest BCUT2D eigenvalue weighted by atomic mass is 127. The Morgan fingerprint density at radius 1 is 0.955 bits per heavy atom. The lowest BCUT2D eigenvalue weighted by Gasteiger charge is -2.11. The molecular formula is C16H16IN3O2. The van der Waals surface area contributed by atoms with Crippen molar-refractivity contribution in [2.45, 2.75) is 13.8 Å². The first kappa shape index (κ1) is 16.3. The number of rotatable bonds is 2. The van der Waals surface area contributed by atoms with Crippen LogP contribution in [0.1, 0.15) is 11.1 Å². The van der Waals surface area contributed by atoms with Crippen molar-refractivity contribution in [2.24, 2.45) is 0 Å². The molecule has 0 saturated carbocycles. The van der Waals surface area contributed by atoms with Gasteiger partial charge in [-0.15, -0.1) is 0 Å². The van der Waals surface area contributed by atoms with Crippen LogP contribution in [0.3, 0.4) is 0 Å². The van der Waals surface area contributed by atoms with Crippen molar-refractivity contribution in [3.63, 3.8) is 0 Å². The van der Waals surface area contributed by atoms with E-state index in [4.69, 9.17) is 5.73 Å². The van der Waals surface area contributed by atoms with Crippen LogP contribution < -0.4 is 16.4 Å². The number of carbonyl (C=O) groups excluding carboxylic acids is 2. The molecule has 114 valence electrons. The molecule has 2 aromatic rings. The molecule has 2 amide bonds. The van der Waals surface area contributed by atoms with Gasteiger partial charge < -0.3 is 16.4 Å². The Bertz CT molecular complexity index is 744. The first-order valence-corrected chi connectivity index (χ1v) is 7.69. The minimum atomic E-state index is -0.754. The van der Waals surface area contributed by atoms with Gasteiger partial charge in [0.05, 0.1) is 11.4 Å². The lowest BCUT2D eigenvalue weighted by Crippen LogP contribution is -2.29. The summed E-state index contributed by atoms with van der Waals surface area (Å²) in [5, 5.41) is 5.12. The van der Waals surface area contributed by atoms with Crippen LogP contribution in [0.4, 0.5) is 17.1 Å². The fourth-order valence-corrected chi connectivity index (χ4v) is 2.55. The summed E-state index contributed by atoms with van der Waals surface area (Å²) >= 11 is 2.18. The third kappa shape index (κ3) is 3.97. The van der Waals surface area contributed by atoms with Crippen LogP contribution >= 0.6 is 22.6 Å². The summed E-state index contributed by atoms with van der Waals surface area (Å²) in [5.41, 5.74) is 9.07. The zero-order valence-corrected chi connectivity index (χ0v) is 14.4. The number of anilines is 3. The Morgan fingerprint density at radius 2 is 1.59 bits per heavy atom. The van der Waals surface area contributed by atoms with E-state index in [1.54, 1.807) is 18.2 Å². The Balaban J connectivity index is 2.09. The fraction of sp³-hybridized carbons (Fsp3) is 0.125. The number of aryl methyl sites for hydroxylation is 2. The Hall–Kier alpha value is -2.09. The van der Waals surface area contributed by atoms with Crippen molar-refractivity contribution >= 4 is 51.5 Å². The monoisotopic (exact) mass is 409 g/mol. The van der Waals surface area contributed by atoms with Crippen LogP contribution in [0.5, 0.6) is 0 Å². The van der Waals surface area contributed by atoms with Gasteiger partial charge in [-0.05, 0) is 77.9 Å². The topological polar surface area (TPSA) is 84.2 Å². The summed E-state index contributed by atoms with van der Waals surface area (Å²) in [6, 6.07) is 10.8.